The fourth-order valence-corrected chi connectivity index (χ4v) is 7.08. The van der Waals surface area contributed by atoms with Crippen LogP contribution in [-0.2, 0) is 9.47 Å². The Labute approximate surface area is 322 Å². The van der Waals surface area contributed by atoms with Gasteiger partial charge in [0, 0.05) is 20.1 Å². The minimum absolute atomic E-state index is 0.258. The van der Waals surface area contributed by atoms with Gasteiger partial charge in [-0.25, -0.2) is 19.6 Å². The molecule has 2 aromatic carbocycles. The Morgan fingerprint density at radius 2 is 1.17 bits per heavy atom. The highest BCUT2D eigenvalue weighted by molar-refractivity contribution is 9.10. The average Bonchev–Trinajstić information content (AvgIpc) is 3.84. The molecule has 0 unspecified atom stereocenters. The van der Waals surface area contributed by atoms with Crippen molar-refractivity contribution in [2.75, 3.05) is 19.8 Å². The molecule has 10 heteroatoms. The van der Waals surface area contributed by atoms with Gasteiger partial charge in [0.2, 0.25) is 0 Å². The zero-order chi connectivity index (χ0) is 37.2. The summed E-state index contributed by atoms with van der Waals surface area (Å²) in [6, 6.07) is 22.5. The lowest BCUT2D eigenvalue weighted by atomic mass is 9.99. The summed E-state index contributed by atoms with van der Waals surface area (Å²) in [5.74, 6) is 0.816. The van der Waals surface area contributed by atoms with Crippen molar-refractivity contribution in [3.05, 3.63) is 116 Å². The summed E-state index contributed by atoms with van der Waals surface area (Å²) in [5.41, 5.74) is 8.78. The van der Waals surface area contributed by atoms with E-state index in [1.54, 1.807) is 32.0 Å². The molecule has 0 radical (unpaired) electrons. The number of benzene rings is 2. The molecule has 0 aliphatic heterocycles. The minimum atomic E-state index is -0.412. The van der Waals surface area contributed by atoms with Crippen molar-refractivity contribution in [2.45, 2.75) is 66.2 Å². The van der Waals surface area contributed by atoms with Gasteiger partial charge in [-0.15, -0.1) is 0 Å². The molecule has 0 atom stereocenters. The van der Waals surface area contributed by atoms with Crippen LogP contribution in [0.4, 0.5) is 0 Å². The number of aromatic nitrogens is 2. The summed E-state index contributed by atoms with van der Waals surface area (Å²) in [5, 5.41) is 10.2. The van der Waals surface area contributed by atoms with E-state index in [-0.39, 0.29) is 11.7 Å². The van der Waals surface area contributed by atoms with E-state index in [0.29, 0.717) is 37.1 Å². The van der Waals surface area contributed by atoms with Crippen LogP contribution in [0.15, 0.2) is 81.7 Å². The van der Waals surface area contributed by atoms with Crippen LogP contribution in [0.5, 0.6) is 11.5 Å². The number of pyridine rings is 2. The lowest BCUT2D eigenvalue weighted by Gasteiger charge is -2.16. The molecule has 0 bridgehead atoms. The molecule has 6 rings (SSSR count). The minimum Gasteiger partial charge on any atom is -0.507 e. The van der Waals surface area contributed by atoms with Crippen LogP contribution < -0.4 is 4.74 Å². The highest BCUT2D eigenvalue weighted by Crippen LogP contribution is 2.44. The number of phenolic OH excluding ortho intramolecular Hbond substituents is 1. The summed E-state index contributed by atoms with van der Waals surface area (Å²) in [6.45, 7) is 9.19. The predicted octanol–water partition coefficient (Wildman–Crippen LogP) is 11.0. The maximum atomic E-state index is 12.1. The van der Waals surface area contributed by atoms with Gasteiger partial charge in [0.05, 0.1) is 31.2 Å². The number of carbonyl (C=O) groups is 2. The van der Waals surface area contributed by atoms with Gasteiger partial charge in [0.1, 0.15) is 22.9 Å². The molecule has 2 aromatic heterocycles. The maximum absolute atomic E-state index is 12.1. The Morgan fingerprint density at radius 3 is 1.69 bits per heavy atom. The van der Waals surface area contributed by atoms with Crippen molar-refractivity contribution in [3.8, 4) is 11.5 Å². The van der Waals surface area contributed by atoms with Gasteiger partial charge in [-0.1, -0.05) is 57.8 Å². The molecule has 0 saturated heterocycles. The summed E-state index contributed by atoms with van der Waals surface area (Å²) in [6.07, 6.45) is 5.72. The van der Waals surface area contributed by atoms with Crippen LogP contribution in [0.25, 0.3) is 22.3 Å². The lowest BCUT2D eigenvalue weighted by molar-refractivity contribution is 0.0510. The van der Waals surface area contributed by atoms with E-state index in [0.717, 1.165) is 86.9 Å². The lowest BCUT2D eigenvalue weighted by Crippen LogP contribution is -2.08. The topological polar surface area (TPSA) is 108 Å². The Kier molecular flexibility index (Phi) is 13.8. The molecule has 1 N–H and O–H groups in total. The normalized spacial score (nSPS) is 14.0. The van der Waals surface area contributed by atoms with Gasteiger partial charge in [-0.2, -0.15) is 0 Å². The zero-order valence-electron chi connectivity index (χ0n) is 30.0. The standard InChI is InChI=1S/C23H26BrNO3.C19H18BrNO3/c1-4-27-23(26)21-10-6-9-20(25-21)18-8-5-7-17(18)19-13-16(24)11-12-22(19)28-14-15(2)3;1-2-24-19(23)17-8-4-7-16(21-17)14-6-3-5-13(14)15-11-12(20)9-10-18(15)22/h6,9-13,15H,4-5,7-8,14H2,1-3H3;4,7-11,22H,2-3,5-6H2,1H3. The molecule has 2 heterocycles. The molecular weight excluding hydrogens is 788 g/mol. The number of aromatic hydroxyl groups is 1. The molecule has 52 heavy (non-hydrogen) atoms. The van der Waals surface area contributed by atoms with Crippen molar-refractivity contribution >= 4 is 66.1 Å². The van der Waals surface area contributed by atoms with E-state index in [2.05, 4.69) is 61.7 Å². The first-order chi connectivity index (χ1) is 25.1. The molecule has 8 nitrogen and oxygen atoms in total. The molecule has 2 aliphatic carbocycles. The first-order valence-corrected chi connectivity index (χ1v) is 19.3. The number of carbonyl (C=O) groups excluding carboxylic acids is 2. The van der Waals surface area contributed by atoms with Gasteiger partial charge in [0.15, 0.2) is 0 Å². The van der Waals surface area contributed by atoms with E-state index >= 15 is 0 Å². The smallest absolute Gasteiger partial charge is 0.356 e. The highest BCUT2D eigenvalue weighted by atomic mass is 79.9. The number of nitrogens with zero attached hydrogens (tertiary/aromatic N) is 2. The summed E-state index contributed by atoms with van der Waals surface area (Å²) in [4.78, 5) is 33.1. The van der Waals surface area contributed by atoms with Crippen LogP contribution in [0.3, 0.4) is 0 Å². The number of hydrogen-bond donors (Lipinski definition) is 1. The first-order valence-electron chi connectivity index (χ1n) is 17.7. The van der Waals surface area contributed by atoms with Crippen molar-refractivity contribution < 1.29 is 28.9 Å². The van der Waals surface area contributed by atoms with Gasteiger partial charge < -0.3 is 19.3 Å². The molecular formula is C42H44Br2N2O6. The van der Waals surface area contributed by atoms with Crippen molar-refractivity contribution in [1.82, 2.24) is 9.97 Å². The molecule has 4 aromatic rings. The Bertz CT molecular complexity index is 1990. The second-order valence-electron chi connectivity index (χ2n) is 12.9. The van der Waals surface area contributed by atoms with E-state index in [9.17, 15) is 14.7 Å². The Hall–Kier alpha value is -4.28. The third kappa shape index (κ3) is 9.77. The number of hydrogen-bond acceptors (Lipinski definition) is 8. The molecule has 0 fully saturated rings. The van der Waals surface area contributed by atoms with Gasteiger partial charge in [-0.3, -0.25) is 0 Å². The summed E-state index contributed by atoms with van der Waals surface area (Å²) in [7, 11) is 0. The second kappa shape index (κ2) is 18.5. The number of allylic oxidation sites excluding steroid dienone is 4. The molecule has 0 saturated carbocycles. The third-order valence-electron chi connectivity index (χ3n) is 8.64. The SMILES string of the molecule is CCOC(=O)c1cccc(C2=C(c3cc(Br)ccc3O)CCC2)n1.CCOC(=O)c1cccc(C2=C(c3cc(Br)ccc3OCC(C)C)CCC2)n1. The Morgan fingerprint density at radius 1 is 0.692 bits per heavy atom. The number of rotatable bonds is 11. The number of ether oxygens (including phenoxy) is 3. The maximum Gasteiger partial charge on any atom is 0.356 e. The van der Waals surface area contributed by atoms with E-state index < -0.39 is 5.97 Å². The fourth-order valence-electron chi connectivity index (χ4n) is 6.36. The summed E-state index contributed by atoms with van der Waals surface area (Å²) < 4.78 is 18.2. The van der Waals surface area contributed by atoms with Crippen LogP contribution >= 0.6 is 31.9 Å². The average molecular weight is 833 g/mol. The van der Waals surface area contributed by atoms with E-state index in [4.69, 9.17) is 14.2 Å². The van der Waals surface area contributed by atoms with E-state index in [1.807, 2.05) is 48.5 Å². The monoisotopic (exact) mass is 830 g/mol. The molecule has 2 aliphatic rings. The largest absolute Gasteiger partial charge is 0.507 e. The molecule has 272 valence electrons. The molecule has 0 amide bonds. The second-order valence-corrected chi connectivity index (χ2v) is 14.7. The quantitative estimate of drug-likeness (QED) is 0.149. The Balaban J connectivity index is 0.000000203. The number of esters is 2. The fraction of sp³-hybridized carbons (Fsp3) is 0.333. The van der Waals surface area contributed by atoms with Crippen molar-refractivity contribution in [1.29, 1.82) is 0 Å². The molecule has 0 spiro atoms. The summed E-state index contributed by atoms with van der Waals surface area (Å²) >= 11 is 7.05. The highest BCUT2D eigenvalue weighted by Gasteiger charge is 2.24. The predicted molar refractivity (Wildman–Crippen MR) is 212 cm³/mol. The van der Waals surface area contributed by atoms with Crippen LogP contribution in [0.2, 0.25) is 0 Å². The van der Waals surface area contributed by atoms with Crippen LogP contribution in [0, 0.1) is 5.92 Å². The van der Waals surface area contributed by atoms with Crippen LogP contribution in [-0.4, -0.2) is 46.8 Å². The number of halogens is 2. The van der Waals surface area contributed by atoms with E-state index in [1.165, 1.54) is 11.1 Å². The van der Waals surface area contributed by atoms with Crippen molar-refractivity contribution in [3.63, 3.8) is 0 Å². The zero-order valence-corrected chi connectivity index (χ0v) is 33.2. The van der Waals surface area contributed by atoms with Gasteiger partial charge >= 0.3 is 11.9 Å². The van der Waals surface area contributed by atoms with Gasteiger partial charge in [-0.05, 0) is 141 Å². The number of phenols is 1. The van der Waals surface area contributed by atoms with Crippen molar-refractivity contribution in [2.24, 2.45) is 5.92 Å². The first kappa shape index (κ1) is 38.9. The van der Waals surface area contributed by atoms with Gasteiger partial charge in [0.25, 0.3) is 0 Å². The third-order valence-corrected chi connectivity index (χ3v) is 9.63. The van der Waals surface area contributed by atoms with Crippen LogP contribution in [0.1, 0.15) is 110 Å².